The zero-order chi connectivity index (χ0) is 24.4. The highest BCUT2D eigenvalue weighted by molar-refractivity contribution is 5.82. The standard InChI is InChI=1S/C23H20F6O4/c1-13(2)31-20(30)12-18-11-19(14-5-3-7-16(9-14)22(24,25)26)33-21(32-18)15-6-4-8-17(10-15)23(27,28)29/h3-10,12-13,19,21H,11H2,1-2H3/t19-,21-/m0/s1. The molecule has 178 valence electrons. The SMILES string of the molecule is CC(C)OC(=O)C=C1C[C@@H](c2cccc(C(F)(F)F)c2)O[C@@H](c2cccc(C(F)(F)F)c2)O1. The Morgan fingerprint density at radius 3 is 2.06 bits per heavy atom. The fraction of sp³-hybridized carbons (Fsp3) is 0.348. The maximum absolute atomic E-state index is 13.2. The van der Waals surface area contributed by atoms with Gasteiger partial charge in [0.1, 0.15) is 5.76 Å². The normalized spacial score (nSPS) is 20.6. The van der Waals surface area contributed by atoms with E-state index in [1.807, 2.05) is 0 Å². The number of benzene rings is 2. The summed E-state index contributed by atoms with van der Waals surface area (Å²) in [5.41, 5.74) is -1.73. The largest absolute Gasteiger partial charge is 0.465 e. The molecule has 0 spiro atoms. The lowest BCUT2D eigenvalue weighted by molar-refractivity contribution is -0.192. The maximum Gasteiger partial charge on any atom is 0.416 e. The Labute approximate surface area is 185 Å². The van der Waals surface area contributed by atoms with Gasteiger partial charge in [-0.1, -0.05) is 24.3 Å². The van der Waals surface area contributed by atoms with Crippen LogP contribution in [0, 0.1) is 0 Å². The van der Waals surface area contributed by atoms with Gasteiger partial charge in [0.25, 0.3) is 0 Å². The van der Waals surface area contributed by atoms with E-state index in [9.17, 15) is 31.1 Å². The van der Waals surface area contributed by atoms with E-state index in [0.29, 0.717) is 0 Å². The Kier molecular flexibility index (Phi) is 7.06. The van der Waals surface area contributed by atoms with Gasteiger partial charge in [0.2, 0.25) is 6.29 Å². The summed E-state index contributed by atoms with van der Waals surface area (Å²) in [6.07, 6.45) is -11.2. The van der Waals surface area contributed by atoms with Crippen LogP contribution in [0.2, 0.25) is 0 Å². The number of hydrogen-bond acceptors (Lipinski definition) is 4. The van der Waals surface area contributed by atoms with Crippen molar-refractivity contribution in [1.82, 2.24) is 0 Å². The number of hydrogen-bond donors (Lipinski definition) is 0. The molecule has 3 rings (SSSR count). The first-order valence-electron chi connectivity index (χ1n) is 9.90. The third-order valence-electron chi connectivity index (χ3n) is 4.64. The topological polar surface area (TPSA) is 44.8 Å². The van der Waals surface area contributed by atoms with Crippen molar-refractivity contribution in [2.75, 3.05) is 0 Å². The summed E-state index contributed by atoms with van der Waals surface area (Å²) in [4.78, 5) is 12.1. The molecule has 33 heavy (non-hydrogen) atoms. The lowest BCUT2D eigenvalue weighted by Crippen LogP contribution is -2.22. The van der Waals surface area contributed by atoms with Crippen LogP contribution in [0.3, 0.4) is 0 Å². The van der Waals surface area contributed by atoms with Gasteiger partial charge in [-0.25, -0.2) is 4.79 Å². The van der Waals surface area contributed by atoms with Gasteiger partial charge in [-0.3, -0.25) is 0 Å². The van der Waals surface area contributed by atoms with Crippen LogP contribution in [0.25, 0.3) is 0 Å². The van der Waals surface area contributed by atoms with Crippen LogP contribution < -0.4 is 0 Å². The molecule has 1 saturated heterocycles. The molecule has 0 aromatic heterocycles. The second-order valence-corrected chi connectivity index (χ2v) is 7.62. The minimum atomic E-state index is -4.62. The number of carbonyl (C=O) groups excluding carboxylic acids is 1. The van der Waals surface area contributed by atoms with Crippen molar-refractivity contribution in [2.45, 2.75) is 51.1 Å². The van der Waals surface area contributed by atoms with E-state index < -0.39 is 47.9 Å². The first-order valence-corrected chi connectivity index (χ1v) is 9.90. The minimum Gasteiger partial charge on any atom is -0.465 e. The van der Waals surface area contributed by atoms with Crippen LogP contribution >= 0.6 is 0 Å². The molecular formula is C23H20F6O4. The molecule has 2 atom stereocenters. The molecule has 2 aromatic carbocycles. The Morgan fingerprint density at radius 1 is 0.970 bits per heavy atom. The van der Waals surface area contributed by atoms with Gasteiger partial charge in [0.05, 0.1) is 29.4 Å². The molecule has 0 saturated carbocycles. The van der Waals surface area contributed by atoms with Crippen molar-refractivity contribution in [3.8, 4) is 0 Å². The average molecular weight is 474 g/mol. The predicted octanol–water partition coefficient (Wildman–Crippen LogP) is 6.74. The van der Waals surface area contributed by atoms with Crippen molar-refractivity contribution < 1.29 is 45.3 Å². The molecule has 1 aliphatic heterocycles. The van der Waals surface area contributed by atoms with Crippen LogP contribution in [0.1, 0.15) is 54.9 Å². The van der Waals surface area contributed by atoms with Gasteiger partial charge in [-0.15, -0.1) is 0 Å². The summed E-state index contributed by atoms with van der Waals surface area (Å²) in [7, 11) is 0. The lowest BCUT2D eigenvalue weighted by atomic mass is 10.0. The zero-order valence-corrected chi connectivity index (χ0v) is 17.5. The average Bonchev–Trinajstić information content (AvgIpc) is 2.72. The quantitative estimate of drug-likeness (QED) is 0.280. The fourth-order valence-corrected chi connectivity index (χ4v) is 3.20. The summed E-state index contributed by atoms with van der Waals surface area (Å²) in [5, 5.41) is 0. The summed E-state index contributed by atoms with van der Waals surface area (Å²) >= 11 is 0. The van der Waals surface area contributed by atoms with Crippen LogP contribution in [-0.2, 0) is 31.4 Å². The Morgan fingerprint density at radius 2 is 1.52 bits per heavy atom. The van der Waals surface area contributed by atoms with Crippen LogP contribution in [0.15, 0.2) is 60.4 Å². The third kappa shape index (κ3) is 6.50. The van der Waals surface area contributed by atoms with E-state index in [0.717, 1.165) is 36.4 Å². The van der Waals surface area contributed by atoms with E-state index in [2.05, 4.69) is 0 Å². The molecule has 1 aliphatic rings. The van der Waals surface area contributed by atoms with Crippen molar-refractivity contribution in [2.24, 2.45) is 0 Å². The second-order valence-electron chi connectivity index (χ2n) is 7.62. The molecule has 1 fully saturated rings. The number of alkyl halides is 6. The molecule has 0 radical (unpaired) electrons. The van der Waals surface area contributed by atoms with Crippen molar-refractivity contribution in [1.29, 1.82) is 0 Å². The number of carbonyl (C=O) groups is 1. The third-order valence-corrected chi connectivity index (χ3v) is 4.64. The highest BCUT2D eigenvalue weighted by atomic mass is 19.4. The van der Waals surface area contributed by atoms with Gasteiger partial charge in [0, 0.05) is 12.0 Å². The van der Waals surface area contributed by atoms with Gasteiger partial charge < -0.3 is 14.2 Å². The maximum atomic E-state index is 13.2. The van der Waals surface area contributed by atoms with Crippen LogP contribution in [0.4, 0.5) is 26.3 Å². The first-order chi connectivity index (χ1) is 15.3. The van der Waals surface area contributed by atoms with Crippen molar-refractivity contribution in [3.63, 3.8) is 0 Å². The van der Waals surface area contributed by atoms with Gasteiger partial charge in [0.15, 0.2) is 0 Å². The van der Waals surface area contributed by atoms with E-state index in [4.69, 9.17) is 14.2 Å². The van der Waals surface area contributed by atoms with E-state index in [-0.39, 0.29) is 23.3 Å². The summed E-state index contributed by atoms with van der Waals surface area (Å²) in [5.74, 6) is -0.746. The van der Waals surface area contributed by atoms with E-state index in [1.54, 1.807) is 13.8 Å². The molecular weight excluding hydrogens is 454 g/mol. The van der Waals surface area contributed by atoms with E-state index >= 15 is 0 Å². The van der Waals surface area contributed by atoms with Gasteiger partial charge in [-0.2, -0.15) is 26.3 Å². The number of halogens is 6. The lowest BCUT2D eigenvalue weighted by Gasteiger charge is -2.33. The highest BCUT2D eigenvalue weighted by Gasteiger charge is 2.35. The predicted molar refractivity (Wildman–Crippen MR) is 104 cm³/mol. The van der Waals surface area contributed by atoms with Crippen LogP contribution in [-0.4, -0.2) is 12.1 Å². The fourth-order valence-electron chi connectivity index (χ4n) is 3.20. The monoisotopic (exact) mass is 474 g/mol. The molecule has 0 amide bonds. The molecule has 0 aliphatic carbocycles. The minimum absolute atomic E-state index is 0.00960. The smallest absolute Gasteiger partial charge is 0.416 e. The second kappa shape index (κ2) is 9.46. The molecule has 4 nitrogen and oxygen atoms in total. The Balaban J connectivity index is 1.98. The first kappa shape index (κ1) is 24.6. The zero-order valence-electron chi connectivity index (χ0n) is 17.5. The molecule has 10 heteroatoms. The molecule has 1 heterocycles. The summed E-state index contributed by atoms with van der Waals surface area (Å²) < 4.78 is 95.3. The molecule has 0 bridgehead atoms. The summed E-state index contributed by atoms with van der Waals surface area (Å²) in [6, 6.07) is 8.57. The molecule has 0 unspecified atom stereocenters. The Hall–Kier alpha value is -3.01. The van der Waals surface area contributed by atoms with Crippen LogP contribution in [0.5, 0.6) is 0 Å². The van der Waals surface area contributed by atoms with E-state index in [1.165, 1.54) is 18.2 Å². The number of esters is 1. The number of ether oxygens (including phenoxy) is 3. The molecule has 0 N–H and O–H groups in total. The molecule has 2 aromatic rings. The van der Waals surface area contributed by atoms with Gasteiger partial charge >= 0.3 is 18.3 Å². The van der Waals surface area contributed by atoms with Crippen molar-refractivity contribution in [3.05, 3.63) is 82.6 Å². The summed E-state index contributed by atoms with van der Waals surface area (Å²) in [6.45, 7) is 3.25. The van der Waals surface area contributed by atoms with Crippen molar-refractivity contribution >= 4 is 5.97 Å². The number of rotatable bonds is 4. The van der Waals surface area contributed by atoms with Gasteiger partial charge in [-0.05, 0) is 43.7 Å². The highest BCUT2D eigenvalue weighted by Crippen LogP contribution is 2.42. The Bertz CT molecular complexity index is 959.